The Morgan fingerprint density at radius 3 is 2.62 bits per heavy atom. The number of nitrogens with zero attached hydrogens (tertiary/aromatic N) is 2. The van der Waals surface area contributed by atoms with Crippen molar-refractivity contribution in [1.29, 1.82) is 0 Å². The number of rotatable bonds is 5. The molecule has 21 heavy (non-hydrogen) atoms. The van der Waals surface area contributed by atoms with Crippen LogP contribution in [0.3, 0.4) is 0 Å². The molecule has 1 saturated carbocycles. The molecule has 1 aromatic heterocycles. The Hall–Kier alpha value is -1.47. The summed E-state index contributed by atoms with van der Waals surface area (Å²) in [7, 11) is 3.52. The Morgan fingerprint density at radius 2 is 2.10 bits per heavy atom. The zero-order chi connectivity index (χ0) is 15.5. The highest BCUT2D eigenvalue weighted by molar-refractivity contribution is 7.09. The molecule has 1 aromatic rings. The van der Waals surface area contributed by atoms with Gasteiger partial charge in [0.05, 0.1) is 5.41 Å². The van der Waals surface area contributed by atoms with Gasteiger partial charge in [0, 0.05) is 32.6 Å². The third-order valence-electron chi connectivity index (χ3n) is 3.97. The molecule has 0 spiro atoms. The van der Waals surface area contributed by atoms with Gasteiger partial charge in [-0.05, 0) is 12.8 Å². The van der Waals surface area contributed by atoms with Crippen molar-refractivity contribution in [1.82, 2.24) is 15.2 Å². The molecule has 2 amide bonds. The van der Waals surface area contributed by atoms with E-state index in [0.29, 0.717) is 18.8 Å². The fourth-order valence-electron chi connectivity index (χ4n) is 2.84. The number of hydrogen-bond donors (Lipinski definition) is 2. The van der Waals surface area contributed by atoms with Gasteiger partial charge in [-0.3, -0.25) is 9.59 Å². The second-order valence-corrected chi connectivity index (χ2v) is 6.64. The van der Waals surface area contributed by atoms with Crippen LogP contribution in [-0.2, 0) is 11.3 Å². The fourth-order valence-corrected chi connectivity index (χ4v) is 3.50. The summed E-state index contributed by atoms with van der Waals surface area (Å²) < 4.78 is 0. The van der Waals surface area contributed by atoms with E-state index in [1.165, 1.54) is 11.3 Å². The molecular formula is C14H22N4O2S. The number of nitrogens with two attached hydrogens (primary N) is 1. The lowest BCUT2D eigenvalue weighted by Gasteiger charge is -2.30. The Kier molecular flexibility index (Phi) is 4.95. The number of thiazole rings is 1. The number of amides is 2. The molecule has 6 nitrogen and oxygen atoms in total. The molecule has 2 rings (SSSR count). The summed E-state index contributed by atoms with van der Waals surface area (Å²) in [6.07, 6.45) is 3.72. The quantitative estimate of drug-likeness (QED) is 0.848. The summed E-state index contributed by atoms with van der Waals surface area (Å²) in [6.45, 7) is 0.708. The normalized spacial score (nSPS) is 16.7. The molecule has 116 valence electrons. The van der Waals surface area contributed by atoms with Crippen molar-refractivity contribution in [2.24, 2.45) is 11.1 Å². The van der Waals surface area contributed by atoms with E-state index in [1.54, 1.807) is 24.4 Å². The molecule has 7 heteroatoms. The Morgan fingerprint density at radius 1 is 1.43 bits per heavy atom. The average Bonchev–Trinajstić information content (AvgIpc) is 3.13. The third kappa shape index (κ3) is 3.41. The molecule has 0 bridgehead atoms. The van der Waals surface area contributed by atoms with Crippen molar-refractivity contribution in [3.63, 3.8) is 0 Å². The van der Waals surface area contributed by atoms with Gasteiger partial charge in [-0.15, -0.1) is 11.3 Å². The minimum absolute atomic E-state index is 0.0984. The zero-order valence-corrected chi connectivity index (χ0v) is 13.3. The first-order chi connectivity index (χ1) is 9.98. The first-order valence-electron chi connectivity index (χ1n) is 7.13. The summed E-state index contributed by atoms with van der Waals surface area (Å²) in [4.78, 5) is 30.3. The number of hydrogen-bond acceptors (Lipinski definition) is 5. The van der Waals surface area contributed by atoms with Crippen molar-refractivity contribution in [3.8, 4) is 0 Å². The highest BCUT2D eigenvalue weighted by Gasteiger charge is 2.42. The molecule has 0 saturated heterocycles. The van der Waals surface area contributed by atoms with Gasteiger partial charge < -0.3 is 16.0 Å². The monoisotopic (exact) mass is 310 g/mol. The molecule has 0 radical (unpaired) electrons. The first kappa shape index (κ1) is 15.9. The van der Waals surface area contributed by atoms with Crippen LogP contribution in [0.5, 0.6) is 0 Å². The van der Waals surface area contributed by atoms with Crippen LogP contribution in [0.15, 0.2) is 5.38 Å². The van der Waals surface area contributed by atoms with Gasteiger partial charge in [-0.25, -0.2) is 4.98 Å². The molecule has 0 aliphatic heterocycles. The van der Waals surface area contributed by atoms with Crippen LogP contribution in [0.1, 0.15) is 41.2 Å². The Balaban J connectivity index is 2.02. The molecule has 1 aliphatic carbocycles. The molecule has 1 heterocycles. The molecule has 3 N–H and O–H groups in total. The van der Waals surface area contributed by atoms with Crippen LogP contribution in [0.2, 0.25) is 0 Å². The van der Waals surface area contributed by atoms with Crippen molar-refractivity contribution in [2.45, 2.75) is 32.2 Å². The van der Waals surface area contributed by atoms with Gasteiger partial charge in [-0.1, -0.05) is 12.8 Å². The van der Waals surface area contributed by atoms with Crippen LogP contribution < -0.4 is 11.1 Å². The SMILES string of the molecule is CN(C)C(=O)C1(CNC(=O)c2csc(CN)n2)CCCC1. The van der Waals surface area contributed by atoms with Gasteiger partial charge >= 0.3 is 0 Å². The van der Waals surface area contributed by atoms with Gasteiger partial charge in [-0.2, -0.15) is 0 Å². The number of carbonyl (C=O) groups is 2. The maximum absolute atomic E-state index is 12.4. The van der Waals surface area contributed by atoms with Crippen molar-refractivity contribution < 1.29 is 9.59 Å². The Labute approximate surface area is 128 Å². The van der Waals surface area contributed by atoms with Crippen LogP contribution in [0.4, 0.5) is 0 Å². The predicted octanol–water partition coefficient (Wildman–Crippen LogP) is 0.980. The minimum atomic E-state index is -0.453. The highest BCUT2D eigenvalue weighted by Crippen LogP contribution is 2.38. The van der Waals surface area contributed by atoms with Gasteiger partial charge in [0.1, 0.15) is 10.7 Å². The van der Waals surface area contributed by atoms with Gasteiger partial charge in [0.25, 0.3) is 5.91 Å². The van der Waals surface area contributed by atoms with Crippen LogP contribution in [0.25, 0.3) is 0 Å². The lowest BCUT2D eigenvalue weighted by molar-refractivity contribution is -0.138. The number of carbonyl (C=O) groups excluding carboxylic acids is 2. The van der Waals surface area contributed by atoms with E-state index in [4.69, 9.17) is 5.73 Å². The lowest BCUT2D eigenvalue weighted by atomic mass is 9.84. The smallest absolute Gasteiger partial charge is 0.270 e. The molecule has 1 fully saturated rings. The van der Waals surface area contributed by atoms with E-state index in [1.807, 2.05) is 0 Å². The lowest BCUT2D eigenvalue weighted by Crippen LogP contribution is -2.46. The largest absolute Gasteiger partial charge is 0.350 e. The van der Waals surface area contributed by atoms with E-state index in [-0.39, 0.29) is 11.8 Å². The standard InChI is InChI=1S/C14H22N4O2S/c1-18(2)13(20)14(5-3-4-6-14)9-16-12(19)10-8-21-11(7-15)17-10/h8H,3-7,9,15H2,1-2H3,(H,16,19). The predicted molar refractivity (Wildman–Crippen MR) is 81.9 cm³/mol. The maximum atomic E-state index is 12.4. The van der Waals surface area contributed by atoms with Crippen molar-refractivity contribution in [3.05, 3.63) is 16.1 Å². The Bertz CT molecular complexity index is 521. The first-order valence-corrected chi connectivity index (χ1v) is 8.01. The average molecular weight is 310 g/mol. The molecule has 0 atom stereocenters. The summed E-state index contributed by atoms with van der Waals surface area (Å²) in [6, 6.07) is 0. The fraction of sp³-hybridized carbons (Fsp3) is 0.643. The topological polar surface area (TPSA) is 88.3 Å². The third-order valence-corrected chi connectivity index (χ3v) is 4.84. The van der Waals surface area contributed by atoms with E-state index in [0.717, 1.165) is 30.7 Å². The summed E-state index contributed by atoms with van der Waals surface area (Å²) in [5, 5.41) is 5.31. The van der Waals surface area contributed by atoms with E-state index >= 15 is 0 Å². The van der Waals surface area contributed by atoms with E-state index in [2.05, 4.69) is 10.3 Å². The second kappa shape index (κ2) is 6.53. The zero-order valence-electron chi connectivity index (χ0n) is 12.5. The van der Waals surface area contributed by atoms with Crippen molar-refractivity contribution in [2.75, 3.05) is 20.6 Å². The maximum Gasteiger partial charge on any atom is 0.270 e. The molecule has 0 aromatic carbocycles. The molecule has 0 unspecified atom stereocenters. The number of aromatic nitrogens is 1. The summed E-state index contributed by atoms with van der Waals surface area (Å²) >= 11 is 1.37. The molecular weight excluding hydrogens is 288 g/mol. The van der Waals surface area contributed by atoms with Crippen LogP contribution in [-0.4, -0.2) is 42.3 Å². The van der Waals surface area contributed by atoms with Gasteiger partial charge in [0.2, 0.25) is 5.91 Å². The highest BCUT2D eigenvalue weighted by atomic mass is 32.1. The minimum Gasteiger partial charge on any atom is -0.350 e. The van der Waals surface area contributed by atoms with E-state index in [9.17, 15) is 9.59 Å². The summed E-state index contributed by atoms with van der Waals surface area (Å²) in [5.41, 5.74) is 5.42. The van der Waals surface area contributed by atoms with Crippen LogP contribution >= 0.6 is 11.3 Å². The summed E-state index contributed by atoms with van der Waals surface area (Å²) in [5.74, 6) is -0.134. The van der Waals surface area contributed by atoms with Crippen molar-refractivity contribution >= 4 is 23.2 Å². The second-order valence-electron chi connectivity index (χ2n) is 5.70. The molecule has 1 aliphatic rings. The van der Waals surface area contributed by atoms with Gasteiger partial charge in [0.15, 0.2) is 0 Å². The van der Waals surface area contributed by atoms with Crippen LogP contribution in [0, 0.1) is 5.41 Å². The van der Waals surface area contributed by atoms with E-state index < -0.39 is 5.41 Å². The number of nitrogens with one attached hydrogen (secondary N) is 1.